The monoisotopic (exact) mass is 488 g/mol. The standard InChI is InChI=1S/C23H17ClN8O3/c1-32-22(27-30-31-32)21(15-7-3-2-4-8-15)29-33-14-20-26-28-23(35-20)18-12-11-16(13-25-18)34-19-10-6-5-9-17(19)24/h2-13H,14H2,1H3/b29-21-. The molecule has 11 nitrogen and oxygen atoms in total. The molecular formula is C23H17ClN8O3. The summed E-state index contributed by atoms with van der Waals surface area (Å²) in [6.07, 6.45) is 1.55. The van der Waals surface area contributed by atoms with Gasteiger partial charge in [-0.1, -0.05) is 59.2 Å². The molecule has 0 amide bonds. The molecule has 2 aromatic carbocycles. The van der Waals surface area contributed by atoms with E-state index in [1.165, 1.54) is 4.68 Å². The number of para-hydroxylation sites is 1. The maximum atomic E-state index is 6.13. The summed E-state index contributed by atoms with van der Waals surface area (Å²) in [5, 5.41) is 24.3. The molecule has 0 aliphatic heterocycles. The zero-order valence-corrected chi connectivity index (χ0v) is 19.1. The van der Waals surface area contributed by atoms with Gasteiger partial charge >= 0.3 is 0 Å². The van der Waals surface area contributed by atoms with Crippen molar-refractivity contribution in [3.63, 3.8) is 0 Å². The minimum Gasteiger partial charge on any atom is -0.454 e. The Morgan fingerprint density at radius 2 is 1.83 bits per heavy atom. The number of tetrazole rings is 1. The van der Waals surface area contributed by atoms with Gasteiger partial charge in [-0.3, -0.25) is 0 Å². The molecule has 0 saturated carbocycles. The number of ether oxygens (including phenoxy) is 1. The topological polar surface area (TPSA) is 126 Å². The van der Waals surface area contributed by atoms with Crippen LogP contribution in [0.25, 0.3) is 11.6 Å². The van der Waals surface area contributed by atoms with Crippen molar-refractivity contribution in [3.05, 3.63) is 95.2 Å². The Bertz CT molecular complexity index is 1450. The van der Waals surface area contributed by atoms with Crippen molar-refractivity contribution in [3.8, 4) is 23.1 Å². The second-order valence-electron chi connectivity index (χ2n) is 7.12. The van der Waals surface area contributed by atoms with Gasteiger partial charge in [0.15, 0.2) is 12.3 Å². The normalized spacial score (nSPS) is 11.4. The second kappa shape index (κ2) is 10.1. The molecule has 5 rings (SSSR count). The average molecular weight is 489 g/mol. The van der Waals surface area contributed by atoms with Gasteiger partial charge in [-0.2, -0.15) is 0 Å². The van der Waals surface area contributed by atoms with Gasteiger partial charge in [0.05, 0.1) is 11.2 Å². The molecule has 0 saturated heterocycles. The van der Waals surface area contributed by atoms with Gasteiger partial charge in [-0.05, 0) is 34.7 Å². The number of hydrogen-bond donors (Lipinski definition) is 0. The number of benzene rings is 2. The van der Waals surface area contributed by atoms with Gasteiger partial charge < -0.3 is 14.0 Å². The van der Waals surface area contributed by atoms with Crippen molar-refractivity contribution in [2.24, 2.45) is 12.2 Å². The van der Waals surface area contributed by atoms with Crippen molar-refractivity contribution in [1.82, 2.24) is 35.4 Å². The van der Waals surface area contributed by atoms with Crippen LogP contribution in [0, 0.1) is 0 Å². The van der Waals surface area contributed by atoms with E-state index in [1.54, 1.807) is 37.5 Å². The molecule has 0 bridgehead atoms. The van der Waals surface area contributed by atoms with E-state index < -0.39 is 0 Å². The molecule has 0 aliphatic rings. The summed E-state index contributed by atoms with van der Waals surface area (Å²) in [5.74, 6) is 1.97. The smallest absolute Gasteiger partial charge is 0.266 e. The second-order valence-corrected chi connectivity index (χ2v) is 7.53. The Kier molecular flexibility index (Phi) is 6.39. The highest BCUT2D eigenvalue weighted by molar-refractivity contribution is 6.32. The lowest BCUT2D eigenvalue weighted by Crippen LogP contribution is -2.12. The molecule has 0 N–H and O–H groups in total. The highest BCUT2D eigenvalue weighted by atomic mass is 35.5. The fraction of sp³-hybridized carbons (Fsp3) is 0.0870. The summed E-state index contributed by atoms with van der Waals surface area (Å²) in [6, 6.07) is 20.1. The van der Waals surface area contributed by atoms with Crippen molar-refractivity contribution >= 4 is 17.3 Å². The molecule has 35 heavy (non-hydrogen) atoms. The lowest BCUT2D eigenvalue weighted by Gasteiger charge is -2.06. The van der Waals surface area contributed by atoms with E-state index in [0.29, 0.717) is 33.8 Å². The number of halogens is 1. The van der Waals surface area contributed by atoms with Crippen LogP contribution < -0.4 is 4.74 Å². The van der Waals surface area contributed by atoms with Crippen LogP contribution >= 0.6 is 11.6 Å². The van der Waals surface area contributed by atoms with Crippen LogP contribution in [0.5, 0.6) is 11.5 Å². The largest absolute Gasteiger partial charge is 0.454 e. The molecule has 0 atom stereocenters. The van der Waals surface area contributed by atoms with Gasteiger partial charge in [-0.25, -0.2) is 9.67 Å². The fourth-order valence-corrected chi connectivity index (χ4v) is 3.21. The molecule has 3 heterocycles. The predicted octanol–water partition coefficient (Wildman–Crippen LogP) is 4.07. The van der Waals surface area contributed by atoms with Crippen molar-refractivity contribution in [2.75, 3.05) is 0 Å². The van der Waals surface area contributed by atoms with Crippen molar-refractivity contribution in [2.45, 2.75) is 6.61 Å². The molecule has 0 unspecified atom stereocenters. The zero-order valence-electron chi connectivity index (χ0n) is 18.3. The average Bonchev–Trinajstić information content (AvgIpc) is 3.53. The van der Waals surface area contributed by atoms with E-state index in [4.69, 9.17) is 25.6 Å². The number of aromatic nitrogens is 7. The Labute approximate surface area is 204 Å². The number of rotatable bonds is 8. The van der Waals surface area contributed by atoms with Crippen LogP contribution in [0.15, 0.2) is 82.5 Å². The third kappa shape index (κ3) is 5.14. The third-order valence-corrected chi connectivity index (χ3v) is 5.02. The van der Waals surface area contributed by atoms with E-state index in [1.807, 2.05) is 42.5 Å². The van der Waals surface area contributed by atoms with Gasteiger partial charge in [0.1, 0.15) is 17.2 Å². The molecule has 12 heteroatoms. The quantitative estimate of drug-likeness (QED) is 0.234. The molecule has 174 valence electrons. The Morgan fingerprint density at radius 3 is 2.57 bits per heavy atom. The molecule has 0 spiro atoms. The van der Waals surface area contributed by atoms with Crippen LogP contribution in [-0.2, 0) is 18.5 Å². The number of hydrogen-bond acceptors (Lipinski definition) is 10. The lowest BCUT2D eigenvalue weighted by atomic mass is 10.1. The summed E-state index contributed by atoms with van der Waals surface area (Å²) in [6.45, 7) is -0.0533. The molecule has 0 fully saturated rings. The Morgan fingerprint density at radius 1 is 1.00 bits per heavy atom. The summed E-state index contributed by atoms with van der Waals surface area (Å²) in [7, 11) is 1.72. The van der Waals surface area contributed by atoms with E-state index >= 15 is 0 Å². The predicted molar refractivity (Wildman–Crippen MR) is 125 cm³/mol. The van der Waals surface area contributed by atoms with Gasteiger partial charge in [0.25, 0.3) is 11.8 Å². The summed E-state index contributed by atoms with van der Waals surface area (Å²) in [5.41, 5.74) is 1.74. The summed E-state index contributed by atoms with van der Waals surface area (Å²) in [4.78, 5) is 9.81. The first kappa shape index (κ1) is 22.2. The number of aryl methyl sites for hydroxylation is 1. The zero-order chi connectivity index (χ0) is 24.0. The van der Waals surface area contributed by atoms with Gasteiger partial charge in [-0.15, -0.1) is 15.3 Å². The van der Waals surface area contributed by atoms with E-state index in [0.717, 1.165) is 5.56 Å². The lowest BCUT2D eigenvalue weighted by molar-refractivity contribution is 0.111. The van der Waals surface area contributed by atoms with Crippen molar-refractivity contribution in [1.29, 1.82) is 0 Å². The number of pyridine rings is 1. The fourth-order valence-electron chi connectivity index (χ4n) is 3.04. The first-order chi connectivity index (χ1) is 17.2. The first-order valence-electron chi connectivity index (χ1n) is 10.4. The van der Waals surface area contributed by atoms with Crippen LogP contribution in [0.3, 0.4) is 0 Å². The van der Waals surface area contributed by atoms with E-state index in [2.05, 4.69) is 35.9 Å². The van der Waals surface area contributed by atoms with Gasteiger partial charge in [0.2, 0.25) is 5.82 Å². The van der Waals surface area contributed by atoms with Crippen LogP contribution in [0.2, 0.25) is 5.02 Å². The van der Waals surface area contributed by atoms with E-state index in [-0.39, 0.29) is 18.4 Å². The van der Waals surface area contributed by atoms with Crippen molar-refractivity contribution < 1.29 is 14.0 Å². The van der Waals surface area contributed by atoms with Crippen LogP contribution in [-0.4, -0.2) is 41.1 Å². The molecule has 3 aromatic heterocycles. The van der Waals surface area contributed by atoms with Crippen LogP contribution in [0.4, 0.5) is 0 Å². The third-order valence-electron chi connectivity index (χ3n) is 4.71. The number of nitrogens with zero attached hydrogens (tertiary/aromatic N) is 8. The minimum atomic E-state index is -0.0533. The highest BCUT2D eigenvalue weighted by Crippen LogP contribution is 2.29. The maximum absolute atomic E-state index is 6.13. The summed E-state index contributed by atoms with van der Waals surface area (Å²) >= 11 is 6.13. The number of oxime groups is 1. The molecule has 0 aliphatic carbocycles. The van der Waals surface area contributed by atoms with E-state index in [9.17, 15) is 0 Å². The van der Waals surface area contributed by atoms with Gasteiger partial charge in [0, 0.05) is 12.6 Å². The Hall–Kier alpha value is -4.64. The molecule has 0 radical (unpaired) electrons. The maximum Gasteiger partial charge on any atom is 0.266 e. The first-order valence-corrected chi connectivity index (χ1v) is 10.7. The summed E-state index contributed by atoms with van der Waals surface area (Å²) < 4.78 is 12.9. The van der Waals surface area contributed by atoms with Crippen LogP contribution in [0.1, 0.15) is 17.3 Å². The SMILES string of the molecule is Cn1nnnc1/C(=N\OCc1nnc(-c2ccc(Oc3ccccc3Cl)cn2)o1)c1ccccc1. The Balaban J connectivity index is 1.27. The molecule has 5 aromatic rings. The molecular weight excluding hydrogens is 472 g/mol. The highest BCUT2D eigenvalue weighted by Gasteiger charge is 2.16. The minimum absolute atomic E-state index is 0.0533.